The van der Waals surface area contributed by atoms with Gasteiger partial charge in [-0.15, -0.1) is 24.0 Å². The molecule has 4 nitrogen and oxygen atoms in total. The first-order valence-corrected chi connectivity index (χ1v) is 8.38. The highest BCUT2D eigenvalue weighted by Gasteiger charge is 2.18. The average Bonchev–Trinajstić information content (AvgIpc) is 2.94. The van der Waals surface area contributed by atoms with E-state index in [-0.39, 0.29) is 29.8 Å². The molecular formula is C18H26FIN4. The number of aliphatic imine (C=N–C) groups is 1. The molecule has 0 saturated carbocycles. The van der Waals surface area contributed by atoms with Gasteiger partial charge in [-0.3, -0.25) is 4.99 Å². The SMILES string of the molecule is CN=C(NCCc1c[nH]c2ccc(F)cc12)N1CCCC(C)C1.I. The minimum absolute atomic E-state index is 0. The summed E-state index contributed by atoms with van der Waals surface area (Å²) >= 11 is 0. The van der Waals surface area contributed by atoms with Crippen molar-refractivity contribution in [2.24, 2.45) is 10.9 Å². The molecule has 3 rings (SSSR count). The summed E-state index contributed by atoms with van der Waals surface area (Å²) in [6.45, 7) is 5.22. The minimum Gasteiger partial charge on any atom is -0.361 e. The van der Waals surface area contributed by atoms with Gasteiger partial charge in [-0.05, 0) is 48.9 Å². The van der Waals surface area contributed by atoms with Crippen molar-refractivity contribution in [2.75, 3.05) is 26.7 Å². The van der Waals surface area contributed by atoms with Crippen molar-refractivity contribution >= 4 is 40.8 Å². The third-order valence-electron chi connectivity index (χ3n) is 4.58. The summed E-state index contributed by atoms with van der Waals surface area (Å²) in [4.78, 5) is 9.94. The molecule has 2 aromatic rings. The van der Waals surface area contributed by atoms with E-state index >= 15 is 0 Å². The van der Waals surface area contributed by atoms with Gasteiger partial charge in [0.15, 0.2) is 5.96 Å². The lowest BCUT2D eigenvalue weighted by molar-refractivity contribution is 0.266. The Bertz CT molecular complexity index is 697. The Morgan fingerprint density at radius 3 is 3.04 bits per heavy atom. The number of piperidine rings is 1. The molecule has 0 aliphatic carbocycles. The van der Waals surface area contributed by atoms with Crippen LogP contribution < -0.4 is 5.32 Å². The number of fused-ring (bicyclic) bond motifs is 1. The summed E-state index contributed by atoms with van der Waals surface area (Å²) in [5.74, 6) is 1.51. The quantitative estimate of drug-likeness (QED) is 0.430. The summed E-state index contributed by atoms with van der Waals surface area (Å²) in [6.07, 6.45) is 5.33. The predicted molar refractivity (Wildman–Crippen MR) is 109 cm³/mol. The van der Waals surface area contributed by atoms with Gasteiger partial charge in [-0.25, -0.2) is 4.39 Å². The number of H-pyrrole nitrogens is 1. The molecule has 24 heavy (non-hydrogen) atoms. The van der Waals surface area contributed by atoms with Gasteiger partial charge < -0.3 is 15.2 Å². The number of hydrogen-bond acceptors (Lipinski definition) is 1. The van der Waals surface area contributed by atoms with Crippen LogP contribution in [-0.4, -0.2) is 42.5 Å². The van der Waals surface area contributed by atoms with Gasteiger partial charge in [0, 0.05) is 43.8 Å². The van der Waals surface area contributed by atoms with Crippen molar-refractivity contribution in [2.45, 2.75) is 26.2 Å². The fraction of sp³-hybridized carbons (Fsp3) is 0.500. The normalized spacial score (nSPS) is 18.5. The minimum atomic E-state index is -0.190. The lowest BCUT2D eigenvalue weighted by atomic mass is 10.0. The van der Waals surface area contributed by atoms with Crippen LogP contribution in [0.15, 0.2) is 29.4 Å². The highest BCUT2D eigenvalue weighted by atomic mass is 127. The van der Waals surface area contributed by atoms with Crippen LogP contribution in [0.25, 0.3) is 10.9 Å². The molecule has 2 heterocycles. The Hall–Kier alpha value is -1.31. The molecule has 1 aliphatic heterocycles. The smallest absolute Gasteiger partial charge is 0.193 e. The highest BCUT2D eigenvalue weighted by Crippen LogP contribution is 2.20. The van der Waals surface area contributed by atoms with E-state index in [1.54, 1.807) is 12.1 Å². The molecule has 1 aliphatic rings. The molecule has 0 amide bonds. The molecule has 1 atom stereocenters. The van der Waals surface area contributed by atoms with Gasteiger partial charge in [-0.2, -0.15) is 0 Å². The maximum absolute atomic E-state index is 13.4. The first-order valence-electron chi connectivity index (χ1n) is 8.38. The third kappa shape index (κ3) is 4.40. The number of rotatable bonds is 3. The van der Waals surface area contributed by atoms with Crippen LogP contribution in [0.2, 0.25) is 0 Å². The summed E-state index contributed by atoms with van der Waals surface area (Å²) < 4.78 is 13.4. The summed E-state index contributed by atoms with van der Waals surface area (Å²) in [5.41, 5.74) is 2.12. The number of aromatic nitrogens is 1. The molecule has 0 radical (unpaired) electrons. The molecule has 1 unspecified atom stereocenters. The predicted octanol–water partition coefficient (Wildman–Crippen LogP) is 3.77. The maximum Gasteiger partial charge on any atom is 0.193 e. The summed E-state index contributed by atoms with van der Waals surface area (Å²) in [6, 6.07) is 4.87. The average molecular weight is 444 g/mol. The van der Waals surface area contributed by atoms with E-state index in [1.807, 2.05) is 13.2 Å². The van der Waals surface area contributed by atoms with E-state index in [0.717, 1.165) is 54.4 Å². The molecular weight excluding hydrogens is 418 g/mol. The van der Waals surface area contributed by atoms with Gasteiger partial charge in [0.25, 0.3) is 0 Å². The summed E-state index contributed by atoms with van der Waals surface area (Å²) in [7, 11) is 1.84. The molecule has 1 aromatic heterocycles. The summed E-state index contributed by atoms with van der Waals surface area (Å²) in [5, 5.41) is 4.41. The van der Waals surface area contributed by atoms with Crippen molar-refractivity contribution in [1.29, 1.82) is 0 Å². The zero-order chi connectivity index (χ0) is 16.2. The van der Waals surface area contributed by atoms with Crippen molar-refractivity contribution in [3.8, 4) is 0 Å². The number of benzene rings is 1. The van der Waals surface area contributed by atoms with Crippen LogP contribution in [0.4, 0.5) is 4.39 Å². The zero-order valence-corrected chi connectivity index (χ0v) is 16.6. The topological polar surface area (TPSA) is 43.4 Å². The number of nitrogens with one attached hydrogen (secondary N) is 2. The largest absolute Gasteiger partial charge is 0.361 e. The number of hydrogen-bond donors (Lipinski definition) is 2. The van der Waals surface area contributed by atoms with Crippen molar-refractivity contribution in [1.82, 2.24) is 15.2 Å². The second-order valence-electron chi connectivity index (χ2n) is 6.42. The van der Waals surface area contributed by atoms with Crippen molar-refractivity contribution < 1.29 is 4.39 Å². The molecule has 1 fully saturated rings. The molecule has 6 heteroatoms. The monoisotopic (exact) mass is 444 g/mol. The number of likely N-dealkylation sites (tertiary alicyclic amines) is 1. The van der Waals surface area contributed by atoms with E-state index in [4.69, 9.17) is 0 Å². The van der Waals surface area contributed by atoms with Crippen molar-refractivity contribution in [3.05, 3.63) is 35.8 Å². The van der Waals surface area contributed by atoms with Crippen LogP contribution in [0, 0.1) is 11.7 Å². The molecule has 0 bridgehead atoms. The second kappa shape index (κ2) is 8.69. The molecule has 1 aromatic carbocycles. The van der Waals surface area contributed by atoms with E-state index in [2.05, 4.69) is 27.1 Å². The standard InChI is InChI=1S/C18H25FN4.HI/c1-13-4-3-9-23(12-13)18(20-2)21-8-7-14-11-22-17-6-5-15(19)10-16(14)17;/h5-6,10-11,13,22H,3-4,7-9,12H2,1-2H3,(H,20,21);1H. The first kappa shape index (κ1) is 19.0. The Morgan fingerprint density at radius 1 is 1.46 bits per heavy atom. The highest BCUT2D eigenvalue weighted by molar-refractivity contribution is 14.0. The fourth-order valence-electron chi connectivity index (χ4n) is 3.38. The van der Waals surface area contributed by atoms with Crippen LogP contribution in [0.1, 0.15) is 25.3 Å². The molecule has 1 saturated heterocycles. The van der Waals surface area contributed by atoms with E-state index in [1.165, 1.54) is 18.9 Å². The van der Waals surface area contributed by atoms with Gasteiger partial charge >= 0.3 is 0 Å². The van der Waals surface area contributed by atoms with Gasteiger partial charge in [0.1, 0.15) is 5.82 Å². The van der Waals surface area contributed by atoms with Gasteiger partial charge in [-0.1, -0.05) is 6.92 Å². The van der Waals surface area contributed by atoms with Crippen LogP contribution in [-0.2, 0) is 6.42 Å². The number of guanidine groups is 1. The second-order valence-corrected chi connectivity index (χ2v) is 6.42. The van der Waals surface area contributed by atoms with E-state index in [9.17, 15) is 4.39 Å². The fourth-order valence-corrected chi connectivity index (χ4v) is 3.38. The lowest BCUT2D eigenvalue weighted by Gasteiger charge is -2.33. The van der Waals surface area contributed by atoms with Crippen LogP contribution >= 0.6 is 24.0 Å². The van der Waals surface area contributed by atoms with Gasteiger partial charge in [0.05, 0.1) is 0 Å². The Morgan fingerprint density at radius 2 is 2.29 bits per heavy atom. The van der Waals surface area contributed by atoms with Crippen LogP contribution in [0.3, 0.4) is 0 Å². The lowest BCUT2D eigenvalue weighted by Crippen LogP contribution is -2.46. The number of halogens is 2. The van der Waals surface area contributed by atoms with Crippen molar-refractivity contribution in [3.63, 3.8) is 0 Å². The number of aromatic amines is 1. The Balaban J connectivity index is 0.00000208. The first-order chi connectivity index (χ1) is 11.2. The Kier molecular flexibility index (Phi) is 6.89. The van der Waals surface area contributed by atoms with Gasteiger partial charge in [0.2, 0.25) is 0 Å². The molecule has 2 N–H and O–H groups in total. The Labute approximate surface area is 159 Å². The zero-order valence-electron chi connectivity index (χ0n) is 14.3. The number of nitrogens with zero attached hydrogens (tertiary/aromatic N) is 2. The van der Waals surface area contributed by atoms with E-state index in [0.29, 0.717) is 0 Å². The maximum atomic E-state index is 13.4. The molecule has 132 valence electrons. The van der Waals surface area contributed by atoms with E-state index < -0.39 is 0 Å². The van der Waals surface area contributed by atoms with Crippen LogP contribution in [0.5, 0.6) is 0 Å². The molecule has 0 spiro atoms. The third-order valence-corrected chi connectivity index (χ3v) is 4.58.